The van der Waals surface area contributed by atoms with Gasteiger partial charge in [-0.1, -0.05) is 18.2 Å². The van der Waals surface area contributed by atoms with Crippen LogP contribution in [0.2, 0.25) is 0 Å². The Labute approximate surface area is 141 Å². The Bertz CT molecular complexity index is 869. The van der Waals surface area contributed by atoms with Crippen molar-refractivity contribution in [3.8, 4) is 11.5 Å². The summed E-state index contributed by atoms with van der Waals surface area (Å²) >= 11 is 0. The van der Waals surface area contributed by atoms with Gasteiger partial charge in [0.2, 0.25) is 0 Å². The molecule has 4 nitrogen and oxygen atoms in total. The molecule has 0 N–H and O–H groups in total. The molecule has 0 unspecified atom stereocenters. The smallest absolute Gasteiger partial charge is 0.420 e. The van der Waals surface area contributed by atoms with Crippen LogP contribution in [0.3, 0.4) is 0 Å². The first kappa shape index (κ1) is 16.8. The molecule has 0 saturated heterocycles. The minimum Gasteiger partial charge on any atom is -0.456 e. The molecule has 7 heteroatoms. The number of nitrogens with zero attached hydrogens (tertiary/aromatic N) is 1. The number of imide groups is 1. The summed E-state index contributed by atoms with van der Waals surface area (Å²) in [4.78, 5) is 24.0. The summed E-state index contributed by atoms with van der Waals surface area (Å²) in [5, 5.41) is 0. The lowest BCUT2D eigenvalue weighted by molar-refractivity contribution is -0.138. The second-order valence-electron chi connectivity index (χ2n) is 5.39. The van der Waals surface area contributed by atoms with Crippen LogP contribution in [0.25, 0.3) is 0 Å². The number of carbonyl (C=O) groups is 2. The first-order chi connectivity index (χ1) is 11.8. The third-order valence-electron chi connectivity index (χ3n) is 3.65. The molecule has 128 valence electrons. The van der Waals surface area contributed by atoms with Gasteiger partial charge in [-0.25, -0.2) is 4.90 Å². The molecule has 0 fully saturated rings. The number of para-hydroxylation sites is 1. The number of aryl methyl sites for hydroxylation is 1. The van der Waals surface area contributed by atoms with Gasteiger partial charge in [0.05, 0.1) is 5.69 Å². The van der Waals surface area contributed by atoms with E-state index in [1.54, 1.807) is 31.2 Å². The highest BCUT2D eigenvalue weighted by molar-refractivity contribution is 6.28. The van der Waals surface area contributed by atoms with E-state index in [0.29, 0.717) is 10.5 Å². The number of rotatable bonds is 3. The molecule has 0 saturated carbocycles. The summed E-state index contributed by atoms with van der Waals surface area (Å²) in [5.74, 6) is -1.50. The van der Waals surface area contributed by atoms with E-state index >= 15 is 0 Å². The molecule has 3 rings (SSSR count). The second-order valence-corrected chi connectivity index (χ2v) is 5.39. The van der Waals surface area contributed by atoms with Gasteiger partial charge in [0.25, 0.3) is 11.8 Å². The van der Waals surface area contributed by atoms with E-state index in [4.69, 9.17) is 4.74 Å². The maximum Gasteiger partial charge on any atom is 0.420 e. The van der Waals surface area contributed by atoms with Crippen molar-refractivity contribution in [1.29, 1.82) is 0 Å². The summed E-state index contributed by atoms with van der Waals surface area (Å²) < 4.78 is 45.7. The molecular weight excluding hydrogens is 335 g/mol. The molecule has 1 heterocycles. The topological polar surface area (TPSA) is 46.6 Å². The summed E-state index contributed by atoms with van der Waals surface area (Å²) in [6.07, 6.45) is -2.70. The van der Waals surface area contributed by atoms with Crippen LogP contribution in [0, 0.1) is 6.92 Å². The largest absolute Gasteiger partial charge is 0.456 e. The number of alkyl halides is 3. The first-order valence-electron chi connectivity index (χ1n) is 7.28. The maximum absolute atomic E-state index is 13.4. The Morgan fingerprint density at radius 1 is 0.920 bits per heavy atom. The number of hydrogen-bond donors (Lipinski definition) is 0. The SMILES string of the molecule is Cc1ccccc1Oc1ccc(N2C(=O)C=CC2=O)cc1C(F)(F)F. The van der Waals surface area contributed by atoms with E-state index in [9.17, 15) is 22.8 Å². The van der Waals surface area contributed by atoms with Gasteiger partial charge in [-0.05, 0) is 36.8 Å². The normalized spacial score (nSPS) is 14.3. The van der Waals surface area contributed by atoms with E-state index in [2.05, 4.69) is 0 Å². The molecule has 0 bridgehead atoms. The van der Waals surface area contributed by atoms with Gasteiger partial charge in [0.15, 0.2) is 0 Å². The fourth-order valence-corrected chi connectivity index (χ4v) is 2.41. The Hall–Kier alpha value is -3.09. The van der Waals surface area contributed by atoms with Crippen molar-refractivity contribution in [1.82, 2.24) is 0 Å². The third-order valence-corrected chi connectivity index (χ3v) is 3.65. The third kappa shape index (κ3) is 3.26. The van der Waals surface area contributed by atoms with Crippen molar-refractivity contribution in [2.75, 3.05) is 4.90 Å². The lowest BCUT2D eigenvalue weighted by atomic mass is 10.1. The molecule has 0 atom stereocenters. The van der Waals surface area contributed by atoms with Crippen LogP contribution >= 0.6 is 0 Å². The molecule has 0 radical (unpaired) electrons. The van der Waals surface area contributed by atoms with Crippen LogP contribution < -0.4 is 9.64 Å². The number of carbonyl (C=O) groups excluding carboxylic acids is 2. The first-order valence-corrected chi connectivity index (χ1v) is 7.28. The molecule has 0 aliphatic carbocycles. The van der Waals surface area contributed by atoms with Crippen LogP contribution in [0.5, 0.6) is 11.5 Å². The molecule has 1 aliphatic rings. The highest BCUT2D eigenvalue weighted by Crippen LogP contribution is 2.41. The summed E-state index contributed by atoms with van der Waals surface area (Å²) in [6, 6.07) is 9.74. The Kier molecular flexibility index (Phi) is 4.08. The summed E-state index contributed by atoms with van der Waals surface area (Å²) in [7, 11) is 0. The predicted molar refractivity (Wildman–Crippen MR) is 84.3 cm³/mol. The minimum atomic E-state index is -4.72. The predicted octanol–water partition coefficient (Wildman–Crippen LogP) is 4.24. The summed E-state index contributed by atoms with van der Waals surface area (Å²) in [6.45, 7) is 1.71. The van der Waals surface area contributed by atoms with Gasteiger partial charge in [-0.3, -0.25) is 9.59 Å². The molecule has 2 amide bonds. The molecule has 2 aromatic carbocycles. The average Bonchev–Trinajstić information content (AvgIpc) is 2.88. The van der Waals surface area contributed by atoms with Crippen LogP contribution in [0.15, 0.2) is 54.6 Å². The fraction of sp³-hybridized carbons (Fsp3) is 0.111. The monoisotopic (exact) mass is 347 g/mol. The number of amides is 2. The van der Waals surface area contributed by atoms with Gasteiger partial charge < -0.3 is 4.74 Å². The molecular formula is C18H12F3NO3. The molecule has 0 aromatic heterocycles. The lowest BCUT2D eigenvalue weighted by Gasteiger charge is -2.19. The average molecular weight is 347 g/mol. The molecule has 25 heavy (non-hydrogen) atoms. The molecule has 2 aromatic rings. The van der Waals surface area contributed by atoms with Crippen molar-refractivity contribution >= 4 is 17.5 Å². The van der Waals surface area contributed by atoms with Crippen molar-refractivity contribution in [2.45, 2.75) is 13.1 Å². The molecule has 1 aliphatic heterocycles. The zero-order chi connectivity index (χ0) is 18.2. The zero-order valence-corrected chi connectivity index (χ0v) is 13.0. The lowest BCUT2D eigenvalue weighted by Crippen LogP contribution is -2.29. The standard InChI is InChI=1S/C18H12F3NO3/c1-11-4-2-3-5-14(11)25-15-7-6-12(10-13(15)18(19,20)21)22-16(23)8-9-17(22)24/h2-10H,1H3. The van der Waals surface area contributed by atoms with Gasteiger partial charge in [0.1, 0.15) is 17.1 Å². The van der Waals surface area contributed by atoms with E-state index in [0.717, 1.165) is 24.3 Å². The van der Waals surface area contributed by atoms with Crippen molar-refractivity contribution in [3.63, 3.8) is 0 Å². The fourth-order valence-electron chi connectivity index (χ4n) is 2.41. The Morgan fingerprint density at radius 2 is 1.56 bits per heavy atom. The number of halogens is 3. The number of hydrogen-bond acceptors (Lipinski definition) is 3. The quantitative estimate of drug-likeness (QED) is 0.781. The van der Waals surface area contributed by atoms with E-state index in [1.165, 1.54) is 6.07 Å². The van der Waals surface area contributed by atoms with Crippen molar-refractivity contribution in [2.24, 2.45) is 0 Å². The van der Waals surface area contributed by atoms with Crippen molar-refractivity contribution in [3.05, 3.63) is 65.7 Å². The van der Waals surface area contributed by atoms with Gasteiger partial charge in [-0.15, -0.1) is 0 Å². The zero-order valence-electron chi connectivity index (χ0n) is 13.0. The van der Waals surface area contributed by atoms with Crippen molar-refractivity contribution < 1.29 is 27.5 Å². The second kappa shape index (κ2) is 6.08. The number of ether oxygens (including phenoxy) is 1. The van der Waals surface area contributed by atoms with E-state index < -0.39 is 29.3 Å². The van der Waals surface area contributed by atoms with Gasteiger partial charge in [0, 0.05) is 12.2 Å². The molecule has 0 spiro atoms. The van der Waals surface area contributed by atoms with Gasteiger partial charge in [-0.2, -0.15) is 13.2 Å². The minimum absolute atomic E-state index is 0.163. The number of anilines is 1. The highest BCUT2D eigenvalue weighted by atomic mass is 19.4. The van der Waals surface area contributed by atoms with Crippen LogP contribution in [0.1, 0.15) is 11.1 Å². The van der Waals surface area contributed by atoms with Crippen LogP contribution in [-0.2, 0) is 15.8 Å². The van der Waals surface area contributed by atoms with E-state index in [-0.39, 0.29) is 11.4 Å². The number of benzene rings is 2. The maximum atomic E-state index is 13.4. The van der Waals surface area contributed by atoms with Gasteiger partial charge >= 0.3 is 6.18 Å². The Morgan fingerprint density at radius 3 is 2.16 bits per heavy atom. The van der Waals surface area contributed by atoms with Crippen LogP contribution in [-0.4, -0.2) is 11.8 Å². The summed E-state index contributed by atoms with van der Waals surface area (Å²) in [5.41, 5.74) is -0.556. The van der Waals surface area contributed by atoms with E-state index in [1.807, 2.05) is 0 Å². The highest BCUT2D eigenvalue weighted by Gasteiger charge is 2.36. The Balaban J connectivity index is 2.04. The van der Waals surface area contributed by atoms with Crippen LogP contribution in [0.4, 0.5) is 18.9 Å².